The van der Waals surface area contributed by atoms with E-state index in [2.05, 4.69) is 11.5 Å². The molecule has 22 heavy (non-hydrogen) atoms. The van der Waals surface area contributed by atoms with Gasteiger partial charge in [-0.3, -0.25) is 5.41 Å². The molecular formula is C17H15N5. The minimum Gasteiger partial charge on any atom is -0.370 e. The maximum absolute atomic E-state index is 9.09. The molecule has 2 aromatic rings. The Hall–Kier alpha value is -3.57. The highest BCUT2D eigenvalue weighted by atomic mass is 14.9. The molecule has 0 atom stereocenters. The van der Waals surface area contributed by atoms with Crippen molar-refractivity contribution in [2.24, 2.45) is 11.5 Å². The van der Waals surface area contributed by atoms with Crippen molar-refractivity contribution in [3.8, 4) is 12.1 Å². The molecule has 108 valence electrons. The molecule has 5 nitrogen and oxygen atoms in total. The monoisotopic (exact) mass is 289 g/mol. The van der Waals surface area contributed by atoms with Crippen LogP contribution in [0.2, 0.25) is 0 Å². The Morgan fingerprint density at radius 1 is 0.773 bits per heavy atom. The van der Waals surface area contributed by atoms with E-state index in [4.69, 9.17) is 15.9 Å². The summed E-state index contributed by atoms with van der Waals surface area (Å²) in [6, 6.07) is 22.9. The zero-order valence-electron chi connectivity index (χ0n) is 11.8. The molecule has 0 aliphatic heterocycles. The molecular weight excluding hydrogens is 274 g/mol. The van der Waals surface area contributed by atoms with Gasteiger partial charge >= 0.3 is 0 Å². The van der Waals surface area contributed by atoms with E-state index < -0.39 is 0 Å². The minimum atomic E-state index is -0.333. The van der Waals surface area contributed by atoms with Crippen LogP contribution in [0.3, 0.4) is 0 Å². The summed E-state index contributed by atoms with van der Waals surface area (Å²) >= 11 is 0. The van der Waals surface area contributed by atoms with Gasteiger partial charge in [0, 0.05) is 5.57 Å². The van der Waals surface area contributed by atoms with E-state index >= 15 is 0 Å². The quantitative estimate of drug-likeness (QED) is 0.446. The molecule has 5 heteroatoms. The van der Waals surface area contributed by atoms with Crippen molar-refractivity contribution in [3.63, 3.8) is 0 Å². The second-order valence-corrected chi connectivity index (χ2v) is 4.16. The molecule has 0 aliphatic rings. The van der Waals surface area contributed by atoms with Crippen molar-refractivity contribution in [2.75, 3.05) is 0 Å². The molecule has 0 amide bonds. The standard InChI is InChI=1S/C16H10N2.CH5N3/c17-11-15(12-18)16(13-7-3-1-4-8-13)14-9-5-2-6-10-14;2-1(3)4/h1-10H;(H5,2,3,4). The van der Waals surface area contributed by atoms with E-state index in [1.807, 2.05) is 72.8 Å². The number of benzene rings is 2. The number of hydrogen-bond acceptors (Lipinski definition) is 3. The largest absolute Gasteiger partial charge is 0.370 e. The van der Waals surface area contributed by atoms with Gasteiger partial charge in [0.15, 0.2) is 5.96 Å². The summed E-state index contributed by atoms with van der Waals surface area (Å²) < 4.78 is 0. The topological polar surface area (TPSA) is 123 Å². The van der Waals surface area contributed by atoms with Gasteiger partial charge in [-0.25, -0.2) is 0 Å². The summed E-state index contributed by atoms with van der Waals surface area (Å²) in [5.41, 5.74) is 11.5. The number of nitriles is 2. The van der Waals surface area contributed by atoms with Gasteiger partial charge in [-0.15, -0.1) is 0 Å². The summed E-state index contributed by atoms with van der Waals surface area (Å²) in [7, 11) is 0. The lowest BCUT2D eigenvalue weighted by Crippen LogP contribution is -2.20. The predicted molar refractivity (Wildman–Crippen MR) is 86.2 cm³/mol. The first-order valence-electron chi connectivity index (χ1n) is 6.35. The van der Waals surface area contributed by atoms with Crippen LogP contribution in [0.1, 0.15) is 11.1 Å². The normalized spacial score (nSPS) is 8.45. The van der Waals surface area contributed by atoms with Crippen LogP contribution in [0.5, 0.6) is 0 Å². The van der Waals surface area contributed by atoms with Crippen LogP contribution < -0.4 is 11.5 Å². The molecule has 0 saturated carbocycles. The van der Waals surface area contributed by atoms with Crippen LogP contribution in [-0.2, 0) is 0 Å². The van der Waals surface area contributed by atoms with Crippen LogP contribution in [0, 0.1) is 28.1 Å². The summed E-state index contributed by atoms with van der Waals surface area (Å²) in [4.78, 5) is 0. The number of rotatable bonds is 2. The first-order chi connectivity index (χ1) is 10.6. The number of hydrogen-bond donors (Lipinski definition) is 3. The van der Waals surface area contributed by atoms with Gasteiger partial charge in [0.25, 0.3) is 0 Å². The molecule has 0 fully saturated rings. The summed E-state index contributed by atoms with van der Waals surface area (Å²) in [6.07, 6.45) is 0. The Morgan fingerprint density at radius 2 is 1.09 bits per heavy atom. The second kappa shape index (κ2) is 8.57. The highest BCUT2D eigenvalue weighted by Gasteiger charge is 2.10. The van der Waals surface area contributed by atoms with Crippen LogP contribution in [0.25, 0.3) is 5.57 Å². The van der Waals surface area contributed by atoms with Crippen molar-refractivity contribution >= 4 is 11.5 Å². The fraction of sp³-hybridized carbons (Fsp3) is 0. The summed E-state index contributed by atoms with van der Waals surface area (Å²) in [6.45, 7) is 0. The van der Waals surface area contributed by atoms with Crippen molar-refractivity contribution in [2.45, 2.75) is 0 Å². The molecule has 0 radical (unpaired) electrons. The number of nitrogens with one attached hydrogen (secondary N) is 1. The van der Waals surface area contributed by atoms with Crippen molar-refractivity contribution in [1.82, 2.24) is 0 Å². The van der Waals surface area contributed by atoms with E-state index in [1.165, 1.54) is 0 Å². The van der Waals surface area contributed by atoms with Crippen LogP contribution in [0.4, 0.5) is 0 Å². The van der Waals surface area contributed by atoms with Crippen LogP contribution >= 0.6 is 0 Å². The molecule has 0 heterocycles. The Labute approximate surface area is 129 Å². The molecule has 0 bridgehead atoms. The lowest BCUT2D eigenvalue weighted by Gasteiger charge is -2.07. The Kier molecular flexibility index (Phi) is 6.42. The smallest absolute Gasteiger partial charge is 0.183 e. The van der Waals surface area contributed by atoms with Gasteiger partial charge in [0.05, 0.1) is 0 Å². The van der Waals surface area contributed by atoms with Gasteiger partial charge < -0.3 is 11.5 Å². The van der Waals surface area contributed by atoms with E-state index in [-0.39, 0.29) is 11.5 Å². The highest BCUT2D eigenvalue weighted by Crippen LogP contribution is 2.26. The average Bonchev–Trinajstić information content (AvgIpc) is 2.53. The first kappa shape index (κ1) is 16.5. The highest BCUT2D eigenvalue weighted by molar-refractivity contribution is 5.86. The van der Waals surface area contributed by atoms with Gasteiger partial charge in [-0.05, 0) is 11.1 Å². The molecule has 0 saturated heterocycles. The van der Waals surface area contributed by atoms with Crippen LogP contribution in [0.15, 0.2) is 66.2 Å². The fourth-order valence-corrected chi connectivity index (χ4v) is 1.80. The fourth-order valence-electron chi connectivity index (χ4n) is 1.80. The van der Waals surface area contributed by atoms with Crippen molar-refractivity contribution in [3.05, 3.63) is 77.4 Å². The van der Waals surface area contributed by atoms with Gasteiger partial charge in [-0.2, -0.15) is 10.5 Å². The predicted octanol–water partition coefficient (Wildman–Crippen LogP) is 2.37. The van der Waals surface area contributed by atoms with Crippen molar-refractivity contribution in [1.29, 1.82) is 15.9 Å². The maximum Gasteiger partial charge on any atom is 0.183 e. The summed E-state index contributed by atoms with van der Waals surface area (Å²) in [5.74, 6) is -0.333. The Morgan fingerprint density at radius 3 is 1.36 bits per heavy atom. The lowest BCUT2D eigenvalue weighted by molar-refractivity contribution is 1.39. The molecule has 5 N–H and O–H groups in total. The molecule has 0 aromatic heterocycles. The van der Waals surface area contributed by atoms with E-state index in [0.29, 0.717) is 5.57 Å². The molecule has 0 unspecified atom stereocenters. The number of nitrogens with two attached hydrogens (primary N) is 2. The number of nitrogens with zero attached hydrogens (tertiary/aromatic N) is 2. The third-order valence-electron chi connectivity index (χ3n) is 2.60. The molecule has 2 rings (SSSR count). The van der Waals surface area contributed by atoms with E-state index in [1.54, 1.807) is 0 Å². The van der Waals surface area contributed by atoms with Crippen LogP contribution in [-0.4, -0.2) is 5.96 Å². The number of guanidine groups is 1. The Bertz CT molecular complexity index is 673. The van der Waals surface area contributed by atoms with Gasteiger partial charge in [0.2, 0.25) is 0 Å². The molecule has 2 aromatic carbocycles. The first-order valence-corrected chi connectivity index (χ1v) is 6.35. The van der Waals surface area contributed by atoms with Gasteiger partial charge in [-0.1, -0.05) is 60.7 Å². The zero-order valence-corrected chi connectivity index (χ0v) is 11.8. The SMILES string of the molecule is N#CC(C#N)=C(c1ccccc1)c1ccccc1.N=C(N)N. The van der Waals surface area contributed by atoms with E-state index in [9.17, 15) is 0 Å². The zero-order chi connectivity index (χ0) is 16.4. The summed E-state index contributed by atoms with van der Waals surface area (Å²) in [5, 5.41) is 24.2. The minimum absolute atomic E-state index is 0.132. The number of allylic oxidation sites excluding steroid dienone is 1. The molecule has 0 spiro atoms. The lowest BCUT2D eigenvalue weighted by atomic mass is 9.94. The molecule has 0 aliphatic carbocycles. The van der Waals surface area contributed by atoms with Crippen molar-refractivity contribution < 1.29 is 0 Å². The maximum atomic E-state index is 9.09. The third kappa shape index (κ3) is 4.84. The average molecular weight is 289 g/mol. The van der Waals surface area contributed by atoms with Gasteiger partial charge in [0.1, 0.15) is 17.7 Å². The Balaban J connectivity index is 0.000000541. The van der Waals surface area contributed by atoms with E-state index in [0.717, 1.165) is 11.1 Å². The second-order valence-electron chi connectivity index (χ2n) is 4.16. The third-order valence-corrected chi connectivity index (χ3v) is 2.60.